The maximum atomic E-state index is 11.6. The van der Waals surface area contributed by atoms with Gasteiger partial charge in [0.1, 0.15) is 0 Å². The predicted octanol–water partition coefficient (Wildman–Crippen LogP) is 0.753. The topological polar surface area (TPSA) is 58.6 Å². The van der Waals surface area contributed by atoms with Gasteiger partial charge in [-0.1, -0.05) is 12.1 Å². The second-order valence-electron chi connectivity index (χ2n) is 4.19. The molecule has 1 aromatic carbocycles. The number of carbonyl (C=O) groups is 2. The number of methoxy groups -OCH3 is 1. The minimum absolute atomic E-state index is 0.158. The first-order valence-electron chi connectivity index (χ1n) is 5.86. The van der Waals surface area contributed by atoms with E-state index in [0.29, 0.717) is 25.2 Å². The molecule has 5 nitrogen and oxygen atoms in total. The zero-order chi connectivity index (χ0) is 13.0. The van der Waals surface area contributed by atoms with Crippen molar-refractivity contribution < 1.29 is 14.3 Å². The van der Waals surface area contributed by atoms with Gasteiger partial charge in [0.25, 0.3) is 0 Å². The summed E-state index contributed by atoms with van der Waals surface area (Å²) in [6, 6.07) is 7.11. The van der Waals surface area contributed by atoms with Crippen LogP contribution in [-0.2, 0) is 16.1 Å². The third-order valence-corrected chi connectivity index (χ3v) is 2.92. The fraction of sp³-hybridized carbons (Fsp3) is 0.385. The van der Waals surface area contributed by atoms with E-state index in [0.717, 1.165) is 12.1 Å². The van der Waals surface area contributed by atoms with Gasteiger partial charge < -0.3 is 9.64 Å². The summed E-state index contributed by atoms with van der Waals surface area (Å²) in [6.45, 7) is 1.89. The molecule has 1 aliphatic heterocycles. The van der Waals surface area contributed by atoms with E-state index >= 15 is 0 Å². The number of ether oxygens (including phenoxy) is 1. The molecule has 96 valence electrons. The van der Waals surface area contributed by atoms with E-state index in [4.69, 9.17) is 0 Å². The lowest BCUT2D eigenvalue weighted by atomic mass is 10.1. The monoisotopic (exact) mass is 248 g/mol. The minimum atomic E-state index is -0.350. The molecule has 0 aliphatic carbocycles. The van der Waals surface area contributed by atoms with E-state index < -0.39 is 0 Å². The third-order valence-electron chi connectivity index (χ3n) is 2.92. The number of nitrogens with one attached hydrogen (secondary N) is 1. The molecule has 0 saturated carbocycles. The van der Waals surface area contributed by atoms with Crippen molar-refractivity contribution in [3.05, 3.63) is 35.4 Å². The van der Waals surface area contributed by atoms with Crippen molar-refractivity contribution in [2.24, 2.45) is 0 Å². The highest BCUT2D eigenvalue weighted by Gasteiger charge is 2.17. The van der Waals surface area contributed by atoms with Crippen molar-refractivity contribution in [3.63, 3.8) is 0 Å². The van der Waals surface area contributed by atoms with E-state index in [1.54, 1.807) is 17.0 Å². The van der Waals surface area contributed by atoms with E-state index in [9.17, 15) is 9.59 Å². The van der Waals surface area contributed by atoms with Crippen LogP contribution in [0.3, 0.4) is 0 Å². The number of hydrogen-bond acceptors (Lipinski definition) is 4. The van der Waals surface area contributed by atoms with Gasteiger partial charge in [-0.25, -0.2) is 4.79 Å². The molecular weight excluding hydrogens is 232 g/mol. The molecule has 0 radical (unpaired) electrons. The van der Waals surface area contributed by atoms with Gasteiger partial charge in [0.2, 0.25) is 5.91 Å². The minimum Gasteiger partial charge on any atom is -0.465 e. The van der Waals surface area contributed by atoms with Gasteiger partial charge in [0, 0.05) is 19.5 Å². The molecule has 1 aliphatic rings. The molecular formula is C13H16N2O3. The highest BCUT2D eigenvalue weighted by Crippen LogP contribution is 2.10. The van der Waals surface area contributed by atoms with Crippen molar-refractivity contribution in [1.82, 2.24) is 10.2 Å². The first-order valence-corrected chi connectivity index (χ1v) is 5.86. The number of nitrogens with zero attached hydrogens (tertiary/aromatic N) is 1. The third kappa shape index (κ3) is 2.87. The van der Waals surface area contributed by atoms with Crippen LogP contribution in [0, 0.1) is 0 Å². The van der Waals surface area contributed by atoms with Gasteiger partial charge in [0.05, 0.1) is 19.3 Å². The second kappa shape index (κ2) is 5.64. The Morgan fingerprint density at radius 1 is 1.39 bits per heavy atom. The van der Waals surface area contributed by atoms with Gasteiger partial charge >= 0.3 is 5.97 Å². The Morgan fingerprint density at radius 3 is 2.72 bits per heavy atom. The molecule has 0 unspecified atom stereocenters. The van der Waals surface area contributed by atoms with Crippen LogP contribution in [0.4, 0.5) is 0 Å². The Hall–Kier alpha value is -1.88. The summed E-state index contributed by atoms with van der Waals surface area (Å²) < 4.78 is 4.63. The largest absolute Gasteiger partial charge is 0.465 e. The van der Waals surface area contributed by atoms with Crippen molar-refractivity contribution in [3.8, 4) is 0 Å². The van der Waals surface area contributed by atoms with Crippen LogP contribution >= 0.6 is 0 Å². The van der Waals surface area contributed by atoms with Crippen molar-refractivity contribution in [2.75, 3.05) is 20.3 Å². The smallest absolute Gasteiger partial charge is 0.337 e. The summed E-state index contributed by atoms with van der Waals surface area (Å²) in [7, 11) is 1.36. The maximum absolute atomic E-state index is 11.6. The molecule has 5 heteroatoms. The predicted molar refractivity (Wildman–Crippen MR) is 65.8 cm³/mol. The number of rotatable bonds is 3. The van der Waals surface area contributed by atoms with Crippen LogP contribution < -0.4 is 5.32 Å². The number of esters is 1. The van der Waals surface area contributed by atoms with Crippen LogP contribution in [0.25, 0.3) is 0 Å². The average molecular weight is 248 g/mol. The van der Waals surface area contributed by atoms with Gasteiger partial charge in [0.15, 0.2) is 0 Å². The summed E-state index contributed by atoms with van der Waals surface area (Å²) >= 11 is 0. The molecule has 1 N–H and O–H groups in total. The number of carbonyl (C=O) groups excluding carboxylic acids is 2. The Kier molecular flexibility index (Phi) is 3.94. The molecule has 1 aromatic rings. The summed E-state index contributed by atoms with van der Waals surface area (Å²) in [5.74, 6) is -0.192. The number of amides is 1. The lowest BCUT2D eigenvalue weighted by molar-refractivity contribution is -0.134. The molecule has 0 aromatic heterocycles. The standard InChI is InChI=1S/C13H16N2O3/c1-18-13(17)11-4-2-10(3-5-11)8-15-9-14-7-6-12(15)16/h2-5,14H,6-9H2,1H3. The van der Waals surface area contributed by atoms with E-state index in [1.165, 1.54) is 7.11 Å². The molecule has 1 saturated heterocycles. The normalized spacial score (nSPS) is 15.6. The SMILES string of the molecule is COC(=O)c1ccc(CN2CNCCC2=O)cc1. The van der Waals surface area contributed by atoms with Gasteiger partial charge in [-0.15, -0.1) is 0 Å². The zero-order valence-electron chi connectivity index (χ0n) is 10.3. The lowest BCUT2D eigenvalue weighted by Crippen LogP contribution is -2.44. The Morgan fingerprint density at radius 2 is 2.11 bits per heavy atom. The molecule has 0 spiro atoms. The van der Waals surface area contributed by atoms with Crippen LogP contribution in [0.5, 0.6) is 0 Å². The highest BCUT2D eigenvalue weighted by molar-refractivity contribution is 5.89. The van der Waals surface area contributed by atoms with E-state index in [2.05, 4.69) is 10.1 Å². The number of benzene rings is 1. The highest BCUT2D eigenvalue weighted by atomic mass is 16.5. The van der Waals surface area contributed by atoms with E-state index in [1.807, 2.05) is 12.1 Å². The van der Waals surface area contributed by atoms with Crippen molar-refractivity contribution in [1.29, 1.82) is 0 Å². The molecule has 18 heavy (non-hydrogen) atoms. The summed E-state index contributed by atoms with van der Waals surface area (Å²) in [4.78, 5) is 24.7. The first kappa shape index (κ1) is 12.6. The second-order valence-corrected chi connectivity index (χ2v) is 4.19. The summed E-state index contributed by atoms with van der Waals surface area (Å²) in [5.41, 5.74) is 1.52. The quantitative estimate of drug-likeness (QED) is 0.802. The molecule has 0 atom stereocenters. The number of hydrogen-bond donors (Lipinski definition) is 1. The van der Waals surface area contributed by atoms with Gasteiger partial charge in [-0.3, -0.25) is 10.1 Å². The summed E-state index contributed by atoms with van der Waals surface area (Å²) in [6.07, 6.45) is 0.542. The molecule has 1 fully saturated rings. The molecule has 1 heterocycles. The van der Waals surface area contributed by atoms with Gasteiger partial charge in [-0.2, -0.15) is 0 Å². The maximum Gasteiger partial charge on any atom is 0.337 e. The average Bonchev–Trinajstić information content (AvgIpc) is 2.41. The molecule has 0 bridgehead atoms. The summed E-state index contributed by atoms with van der Waals surface area (Å²) in [5, 5.41) is 3.16. The molecule has 1 amide bonds. The van der Waals surface area contributed by atoms with Crippen LogP contribution in [-0.4, -0.2) is 37.1 Å². The van der Waals surface area contributed by atoms with Gasteiger partial charge in [-0.05, 0) is 17.7 Å². The fourth-order valence-electron chi connectivity index (χ4n) is 1.88. The fourth-order valence-corrected chi connectivity index (χ4v) is 1.88. The van der Waals surface area contributed by atoms with Crippen molar-refractivity contribution in [2.45, 2.75) is 13.0 Å². The zero-order valence-corrected chi connectivity index (χ0v) is 10.3. The van der Waals surface area contributed by atoms with Crippen LogP contribution in [0.1, 0.15) is 22.3 Å². The first-order chi connectivity index (χ1) is 8.70. The Labute approximate surface area is 106 Å². The van der Waals surface area contributed by atoms with E-state index in [-0.39, 0.29) is 11.9 Å². The van der Waals surface area contributed by atoms with Crippen LogP contribution in [0.15, 0.2) is 24.3 Å². The van der Waals surface area contributed by atoms with Crippen LogP contribution in [0.2, 0.25) is 0 Å². The lowest BCUT2D eigenvalue weighted by Gasteiger charge is -2.27. The Balaban J connectivity index is 2.01. The Bertz CT molecular complexity index is 442. The molecule has 2 rings (SSSR count). The van der Waals surface area contributed by atoms with Crippen molar-refractivity contribution >= 4 is 11.9 Å².